The number of piperidine rings is 1. The predicted octanol–water partition coefficient (Wildman–Crippen LogP) is 0.720. The molecule has 4 nitrogen and oxygen atoms in total. The maximum absolute atomic E-state index is 11.3. The predicted molar refractivity (Wildman–Crippen MR) is 47.2 cm³/mol. The van der Waals surface area contributed by atoms with Crippen LogP contribution >= 0.6 is 0 Å². The third-order valence-corrected chi connectivity index (χ3v) is 2.43. The molecule has 1 amide bonds. The first-order chi connectivity index (χ1) is 6.15. The van der Waals surface area contributed by atoms with Gasteiger partial charge in [0, 0.05) is 19.5 Å². The molecule has 0 aromatic heterocycles. The Balaban J connectivity index is 2.51. The number of carbonyl (C=O) groups excluding carboxylic acids is 1. The standard InChI is InChI=1S/C9H15NO3/c1-2-8(11)10-5-3-4-7(6-10)9(12)13/h7H,2-6H2,1H3,(H,12,13). The molecule has 1 unspecified atom stereocenters. The second kappa shape index (κ2) is 4.25. The number of amides is 1. The lowest BCUT2D eigenvalue weighted by Gasteiger charge is -2.30. The molecule has 13 heavy (non-hydrogen) atoms. The van der Waals surface area contributed by atoms with E-state index in [1.54, 1.807) is 11.8 Å². The van der Waals surface area contributed by atoms with Crippen LogP contribution in [0.25, 0.3) is 0 Å². The van der Waals surface area contributed by atoms with Gasteiger partial charge >= 0.3 is 5.97 Å². The van der Waals surface area contributed by atoms with E-state index in [2.05, 4.69) is 0 Å². The molecule has 0 spiro atoms. The highest BCUT2D eigenvalue weighted by Crippen LogP contribution is 2.16. The highest BCUT2D eigenvalue weighted by atomic mass is 16.4. The number of carbonyl (C=O) groups is 2. The molecule has 1 N–H and O–H groups in total. The van der Waals surface area contributed by atoms with Crippen LogP contribution in [0.3, 0.4) is 0 Å². The molecule has 0 aromatic carbocycles. The Labute approximate surface area is 77.5 Å². The second-order valence-electron chi connectivity index (χ2n) is 3.37. The Morgan fingerprint density at radius 2 is 2.23 bits per heavy atom. The Hall–Kier alpha value is -1.06. The van der Waals surface area contributed by atoms with Gasteiger partial charge in [0.2, 0.25) is 5.91 Å². The van der Waals surface area contributed by atoms with Crippen LogP contribution in [0.15, 0.2) is 0 Å². The minimum atomic E-state index is -0.784. The van der Waals surface area contributed by atoms with Crippen molar-refractivity contribution in [1.82, 2.24) is 4.90 Å². The van der Waals surface area contributed by atoms with E-state index in [0.29, 0.717) is 19.4 Å². The zero-order valence-electron chi connectivity index (χ0n) is 7.82. The van der Waals surface area contributed by atoms with Crippen molar-refractivity contribution in [1.29, 1.82) is 0 Å². The number of rotatable bonds is 2. The fraction of sp³-hybridized carbons (Fsp3) is 0.778. The lowest BCUT2D eigenvalue weighted by atomic mass is 9.98. The van der Waals surface area contributed by atoms with Gasteiger partial charge in [0.05, 0.1) is 5.92 Å². The lowest BCUT2D eigenvalue weighted by Crippen LogP contribution is -2.41. The summed E-state index contributed by atoms with van der Waals surface area (Å²) < 4.78 is 0. The van der Waals surface area contributed by atoms with E-state index in [1.807, 2.05) is 0 Å². The summed E-state index contributed by atoms with van der Waals surface area (Å²) in [5, 5.41) is 8.77. The monoisotopic (exact) mass is 185 g/mol. The van der Waals surface area contributed by atoms with E-state index >= 15 is 0 Å². The van der Waals surface area contributed by atoms with Crippen LogP contribution in [0.2, 0.25) is 0 Å². The van der Waals surface area contributed by atoms with Gasteiger partial charge in [-0.1, -0.05) is 6.92 Å². The molecule has 1 aliphatic rings. The van der Waals surface area contributed by atoms with Crippen molar-refractivity contribution >= 4 is 11.9 Å². The summed E-state index contributed by atoms with van der Waals surface area (Å²) in [6, 6.07) is 0. The summed E-state index contributed by atoms with van der Waals surface area (Å²) in [6.07, 6.45) is 1.97. The summed E-state index contributed by atoms with van der Waals surface area (Å²) >= 11 is 0. The quantitative estimate of drug-likeness (QED) is 0.689. The van der Waals surface area contributed by atoms with Gasteiger partial charge in [-0.3, -0.25) is 9.59 Å². The molecule has 1 aliphatic heterocycles. The first-order valence-electron chi connectivity index (χ1n) is 4.65. The number of aliphatic carboxylic acids is 1. The van der Waals surface area contributed by atoms with Crippen molar-refractivity contribution in [2.24, 2.45) is 5.92 Å². The fourth-order valence-corrected chi connectivity index (χ4v) is 1.63. The van der Waals surface area contributed by atoms with Gasteiger partial charge in [-0.15, -0.1) is 0 Å². The van der Waals surface area contributed by atoms with Gasteiger partial charge in [0.15, 0.2) is 0 Å². The van der Waals surface area contributed by atoms with Crippen LogP contribution in [-0.4, -0.2) is 35.0 Å². The van der Waals surface area contributed by atoms with E-state index in [4.69, 9.17) is 5.11 Å². The lowest BCUT2D eigenvalue weighted by molar-refractivity contribution is -0.145. The molecule has 1 saturated heterocycles. The summed E-state index contributed by atoms with van der Waals surface area (Å²) in [5.74, 6) is -1.08. The average Bonchev–Trinajstić information content (AvgIpc) is 2.17. The van der Waals surface area contributed by atoms with Crippen LogP contribution in [-0.2, 0) is 9.59 Å². The van der Waals surface area contributed by atoms with Gasteiger partial charge < -0.3 is 10.0 Å². The zero-order valence-corrected chi connectivity index (χ0v) is 7.82. The smallest absolute Gasteiger partial charge is 0.308 e. The van der Waals surface area contributed by atoms with Gasteiger partial charge in [-0.2, -0.15) is 0 Å². The molecule has 74 valence electrons. The molecule has 1 rings (SSSR count). The first kappa shape index (κ1) is 10.0. The highest BCUT2D eigenvalue weighted by molar-refractivity contribution is 5.77. The number of hydrogen-bond acceptors (Lipinski definition) is 2. The van der Waals surface area contributed by atoms with Crippen molar-refractivity contribution in [2.45, 2.75) is 26.2 Å². The maximum Gasteiger partial charge on any atom is 0.308 e. The second-order valence-corrected chi connectivity index (χ2v) is 3.37. The molecule has 0 aliphatic carbocycles. The van der Waals surface area contributed by atoms with Crippen LogP contribution in [0.5, 0.6) is 0 Å². The van der Waals surface area contributed by atoms with Crippen molar-refractivity contribution < 1.29 is 14.7 Å². The molecule has 1 atom stereocenters. The Morgan fingerprint density at radius 1 is 1.54 bits per heavy atom. The molecule has 0 saturated carbocycles. The van der Waals surface area contributed by atoms with E-state index in [-0.39, 0.29) is 11.8 Å². The summed E-state index contributed by atoms with van der Waals surface area (Å²) in [4.78, 5) is 23.6. The van der Waals surface area contributed by atoms with Crippen LogP contribution in [0.1, 0.15) is 26.2 Å². The minimum Gasteiger partial charge on any atom is -0.481 e. The number of hydrogen-bond donors (Lipinski definition) is 1. The number of carboxylic acid groups (broad SMARTS) is 1. The third-order valence-electron chi connectivity index (χ3n) is 2.43. The van der Waals surface area contributed by atoms with E-state index in [1.165, 1.54) is 0 Å². The van der Waals surface area contributed by atoms with E-state index < -0.39 is 5.97 Å². The van der Waals surface area contributed by atoms with Crippen molar-refractivity contribution in [3.8, 4) is 0 Å². The topological polar surface area (TPSA) is 57.6 Å². The Morgan fingerprint density at radius 3 is 2.77 bits per heavy atom. The van der Waals surface area contributed by atoms with Crippen molar-refractivity contribution in [2.75, 3.05) is 13.1 Å². The molecule has 4 heteroatoms. The van der Waals surface area contributed by atoms with Crippen LogP contribution in [0.4, 0.5) is 0 Å². The van der Waals surface area contributed by atoms with Gasteiger partial charge in [0.1, 0.15) is 0 Å². The summed E-state index contributed by atoms with van der Waals surface area (Å²) in [7, 11) is 0. The number of nitrogens with zero attached hydrogens (tertiary/aromatic N) is 1. The van der Waals surface area contributed by atoms with Gasteiger partial charge in [-0.25, -0.2) is 0 Å². The average molecular weight is 185 g/mol. The van der Waals surface area contributed by atoms with Crippen molar-refractivity contribution in [3.05, 3.63) is 0 Å². The number of carboxylic acids is 1. The molecule has 1 heterocycles. The van der Waals surface area contributed by atoms with E-state index in [0.717, 1.165) is 13.0 Å². The maximum atomic E-state index is 11.3. The minimum absolute atomic E-state index is 0.0611. The molecular formula is C9H15NO3. The summed E-state index contributed by atoms with van der Waals surface area (Å²) in [5.41, 5.74) is 0. The Kier molecular flexibility index (Phi) is 3.28. The largest absolute Gasteiger partial charge is 0.481 e. The first-order valence-corrected chi connectivity index (χ1v) is 4.65. The summed E-state index contributed by atoms with van der Waals surface area (Å²) in [6.45, 7) is 2.91. The van der Waals surface area contributed by atoms with Crippen LogP contribution in [0, 0.1) is 5.92 Å². The fourth-order valence-electron chi connectivity index (χ4n) is 1.63. The number of likely N-dealkylation sites (tertiary alicyclic amines) is 1. The Bertz CT molecular complexity index is 215. The molecular weight excluding hydrogens is 170 g/mol. The normalized spacial score (nSPS) is 22.8. The van der Waals surface area contributed by atoms with E-state index in [9.17, 15) is 9.59 Å². The van der Waals surface area contributed by atoms with Gasteiger partial charge in [-0.05, 0) is 12.8 Å². The highest BCUT2D eigenvalue weighted by Gasteiger charge is 2.26. The molecule has 1 fully saturated rings. The zero-order chi connectivity index (χ0) is 9.84. The van der Waals surface area contributed by atoms with Crippen LogP contribution < -0.4 is 0 Å². The SMILES string of the molecule is CCC(=O)N1CCCC(C(=O)O)C1. The third kappa shape index (κ3) is 2.44. The molecule has 0 bridgehead atoms. The van der Waals surface area contributed by atoms with Crippen molar-refractivity contribution in [3.63, 3.8) is 0 Å². The molecule has 0 radical (unpaired) electrons. The molecule has 0 aromatic rings. The van der Waals surface area contributed by atoms with Gasteiger partial charge in [0.25, 0.3) is 0 Å².